The molecule has 0 heterocycles. The summed E-state index contributed by atoms with van der Waals surface area (Å²) in [5.41, 5.74) is -0.198. The number of carbonyl (C=O) groups excluding carboxylic acids is 1. The highest BCUT2D eigenvalue weighted by molar-refractivity contribution is 5.87. The zero-order valence-electron chi connectivity index (χ0n) is 13.5. The fraction of sp³-hybridized carbons (Fsp3) is 0.438. The van der Waals surface area contributed by atoms with E-state index in [1.807, 2.05) is 0 Å². The van der Waals surface area contributed by atoms with Gasteiger partial charge in [-0.1, -0.05) is 6.07 Å². The molecule has 120 valence electrons. The Labute approximate surface area is 129 Å². The molecule has 0 amide bonds. The second kappa shape index (κ2) is 7.06. The SMILES string of the molecule is CC(C)Oc1ccc(/C=C/C(=O)OC(C)(C)C)cc1[N+](=O)[O-]. The number of hydrogen-bond acceptors (Lipinski definition) is 5. The fourth-order valence-electron chi connectivity index (χ4n) is 1.63. The highest BCUT2D eigenvalue weighted by Crippen LogP contribution is 2.29. The van der Waals surface area contributed by atoms with E-state index in [0.29, 0.717) is 5.56 Å². The number of nitro benzene ring substituents is 1. The molecule has 0 spiro atoms. The maximum atomic E-state index is 11.6. The van der Waals surface area contributed by atoms with Gasteiger partial charge < -0.3 is 9.47 Å². The maximum absolute atomic E-state index is 11.6. The molecule has 0 saturated heterocycles. The van der Waals surface area contributed by atoms with Gasteiger partial charge in [-0.3, -0.25) is 10.1 Å². The highest BCUT2D eigenvalue weighted by atomic mass is 16.6. The molecular formula is C16H21NO5. The molecule has 0 bridgehead atoms. The zero-order valence-corrected chi connectivity index (χ0v) is 13.5. The van der Waals surface area contributed by atoms with E-state index >= 15 is 0 Å². The second-order valence-corrected chi connectivity index (χ2v) is 6.02. The Morgan fingerprint density at radius 1 is 1.32 bits per heavy atom. The normalized spacial score (nSPS) is 11.7. The number of benzene rings is 1. The van der Waals surface area contributed by atoms with Crippen LogP contribution < -0.4 is 4.74 Å². The van der Waals surface area contributed by atoms with Crippen LogP contribution in [0.1, 0.15) is 40.2 Å². The Morgan fingerprint density at radius 3 is 2.45 bits per heavy atom. The number of esters is 1. The minimum Gasteiger partial charge on any atom is -0.484 e. The molecule has 22 heavy (non-hydrogen) atoms. The number of hydrogen-bond donors (Lipinski definition) is 0. The van der Waals surface area contributed by atoms with Crippen LogP contribution in [-0.2, 0) is 9.53 Å². The summed E-state index contributed by atoms with van der Waals surface area (Å²) < 4.78 is 10.5. The van der Waals surface area contributed by atoms with Crippen LogP contribution in [-0.4, -0.2) is 22.6 Å². The Morgan fingerprint density at radius 2 is 1.95 bits per heavy atom. The van der Waals surface area contributed by atoms with E-state index in [1.165, 1.54) is 24.3 Å². The molecule has 0 aromatic heterocycles. The molecule has 0 N–H and O–H groups in total. The van der Waals surface area contributed by atoms with E-state index in [4.69, 9.17) is 9.47 Å². The number of nitro groups is 1. The third kappa shape index (κ3) is 5.95. The molecule has 6 heteroatoms. The van der Waals surface area contributed by atoms with Crippen molar-refractivity contribution in [2.45, 2.75) is 46.3 Å². The molecule has 0 saturated carbocycles. The first-order valence-electron chi connectivity index (χ1n) is 6.94. The van der Waals surface area contributed by atoms with Gasteiger partial charge in [0, 0.05) is 12.1 Å². The molecule has 0 unspecified atom stereocenters. The van der Waals surface area contributed by atoms with Crippen molar-refractivity contribution in [3.05, 3.63) is 40.0 Å². The number of rotatable bonds is 5. The largest absolute Gasteiger partial charge is 0.484 e. The van der Waals surface area contributed by atoms with E-state index in [0.717, 1.165) is 0 Å². The average Bonchev–Trinajstić information content (AvgIpc) is 2.34. The lowest BCUT2D eigenvalue weighted by Gasteiger charge is -2.17. The molecule has 0 fully saturated rings. The molecule has 0 aliphatic heterocycles. The molecule has 0 aliphatic rings. The molecule has 0 atom stereocenters. The summed E-state index contributed by atoms with van der Waals surface area (Å²) in [5, 5.41) is 11.1. The van der Waals surface area contributed by atoms with Crippen molar-refractivity contribution in [3.8, 4) is 5.75 Å². The summed E-state index contributed by atoms with van der Waals surface area (Å²) in [7, 11) is 0. The van der Waals surface area contributed by atoms with Gasteiger partial charge in [-0.05, 0) is 52.3 Å². The first kappa shape index (κ1) is 17.7. The third-order valence-electron chi connectivity index (χ3n) is 2.36. The summed E-state index contributed by atoms with van der Waals surface area (Å²) in [5.74, 6) is -0.299. The van der Waals surface area contributed by atoms with Crippen LogP contribution in [0.2, 0.25) is 0 Å². The molecular weight excluding hydrogens is 286 g/mol. The average molecular weight is 307 g/mol. The van der Waals surface area contributed by atoms with Crippen LogP contribution >= 0.6 is 0 Å². The van der Waals surface area contributed by atoms with Crippen LogP contribution in [0, 0.1) is 10.1 Å². The van der Waals surface area contributed by atoms with Crippen molar-refractivity contribution < 1.29 is 19.2 Å². The van der Waals surface area contributed by atoms with Gasteiger partial charge in [-0.15, -0.1) is 0 Å². The van der Waals surface area contributed by atoms with Gasteiger partial charge in [-0.2, -0.15) is 0 Å². The van der Waals surface area contributed by atoms with Gasteiger partial charge in [0.25, 0.3) is 0 Å². The van der Waals surface area contributed by atoms with Crippen molar-refractivity contribution in [2.75, 3.05) is 0 Å². The minimum absolute atomic E-state index is 0.139. The van der Waals surface area contributed by atoms with Crippen LogP contribution in [0.3, 0.4) is 0 Å². The van der Waals surface area contributed by atoms with Crippen molar-refractivity contribution in [1.29, 1.82) is 0 Å². The van der Waals surface area contributed by atoms with Gasteiger partial charge in [0.15, 0.2) is 5.75 Å². The number of nitrogens with zero attached hydrogens (tertiary/aromatic N) is 1. The number of carbonyl (C=O) groups is 1. The molecule has 0 radical (unpaired) electrons. The lowest BCUT2D eigenvalue weighted by Crippen LogP contribution is -2.22. The van der Waals surface area contributed by atoms with Gasteiger partial charge in [0.05, 0.1) is 11.0 Å². The first-order valence-corrected chi connectivity index (χ1v) is 6.94. The van der Waals surface area contributed by atoms with Crippen molar-refractivity contribution in [2.24, 2.45) is 0 Å². The van der Waals surface area contributed by atoms with E-state index in [-0.39, 0.29) is 17.5 Å². The maximum Gasteiger partial charge on any atom is 0.331 e. The van der Waals surface area contributed by atoms with Crippen LogP contribution in [0.5, 0.6) is 5.75 Å². The van der Waals surface area contributed by atoms with Gasteiger partial charge in [0.2, 0.25) is 0 Å². The summed E-state index contributed by atoms with van der Waals surface area (Å²) in [6, 6.07) is 4.52. The number of ether oxygens (including phenoxy) is 2. The quantitative estimate of drug-likeness (QED) is 0.358. The summed E-state index contributed by atoms with van der Waals surface area (Å²) >= 11 is 0. The van der Waals surface area contributed by atoms with Crippen molar-refractivity contribution in [3.63, 3.8) is 0 Å². The minimum atomic E-state index is -0.581. The standard InChI is InChI=1S/C16H21NO5/c1-11(2)21-14-8-6-12(10-13(14)17(19)20)7-9-15(18)22-16(3,4)5/h6-11H,1-5H3/b9-7+. The Kier molecular flexibility index (Phi) is 5.68. The fourth-order valence-corrected chi connectivity index (χ4v) is 1.63. The Bertz CT molecular complexity index is 585. The second-order valence-electron chi connectivity index (χ2n) is 6.02. The van der Waals surface area contributed by atoms with Crippen molar-refractivity contribution in [1.82, 2.24) is 0 Å². The first-order chi connectivity index (χ1) is 10.1. The molecule has 1 aromatic rings. The monoisotopic (exact) mass is 307 g/mol. The Balaban J connectivity index is 2.95. The van der Waals surface area contributed by atoms with E-state index in [2.05, 4.69) is 0 Å². The third-order valence-corrected chi connectivity index (χ3v) is 2.36. The van der Waals surface area contributed by atoms with Crippen LogP contribution in [0.15, 0.2) is 24.3 Å². The van der Waals surface area contributed by atoms with E-state index in [1.54, 1.807) is 40.7 Å². The van der Waals surface area contributed by atoms with Crippen LogP contribution in [0.4, 0.5) is 5.69 Å². The Hall–Kier alpha value is -2.37. The topological polar surface area (TPSA) is 78.7 Å². The van der Waals surface area contributed by atoms with Crippen molar-refractivity contribution >= 4 is 17.7 Å². The lowest BCUT2D eigenvalue weighted by atomic mass is 10.1. The van der Waals surface area contributed by atoms with E-state index < -0.39 is 16.5 Å². The van der Waals surface area contributed by atoms with Crippen LogP contribution in [0.25, 0.3) is 6.08 Å². The molecule has 1 aromatic carbocycles. The lowest BCUT2D eigenvalue weighted by molar-refractivity contribution is -0.386. The zero-order chi connectivity index (χ0) is 16.9. The summed E-state index contributed by atoms with van der Waals surface area (Å²) in [4.78, 5) is 22.2. The van der Waals surface area contributed by atoms with Gasteiger partial charge in [-0.25, -0.2) is 4.79 Å². The predicted octanol–water partition coefficient (Wildman–Crippen LogP) is 3.74. The molecule has 6 nitrogen and oxygen atoms in total. The van der Waals surface area contributed by atoms with Gasteiger partial charge >= 0.3 is 11.7 Å². The molecule has 0 aliphatic carbocycles. The summed E-state index contributed by atoms with van der Waals surface area (Å²) in [6.07, 6.45) is 2.55. The predicted molar refractivity (Wildman–Crippen MR) is 83.7 cm³/mol. The van der Waals surface area contributed by atoms with Gasteiger partial charge in [0.1, 0.15) is 5.60 Å². The smallest absolute Gasteiger partial charge is 0.331 e. The highest BCUT2D eigenvalue weighted by Gasteiger charge is 2.17. The summed E-state index contributed by atoms with van der Waals surface area (Å²) in [6.45, 7) is 8.88. The van der Waals surface area contributed by atoms with E-state index in [9.17, 15) is 14.9 Å². The molecule has 1 rings (SSSR count).